The molecular formula is C27H22O2. The number of hydrogen-bond donors (Lipinski definition) is 2. The minimum atomic E-state index is -0.0845. The monoisotopic (exact) mass is 378 g/mol. The average Bonchev–Trinajstić information content (AvgIpc) is 3.03. The maximum Gasteiger partial charge on any atom is 0.123 e. The van der Waals surface area contributed by atoms with Crippen LogP contribution in [0, 0.1) is 13.8 Å². The number of aromatic hydroxyl groups is 2. The lowest BCUT2D eigenvalue weighted by Gasteiger charge is -2.20. The lowest BCUT2D eigenvalue weighted by molar-refractivity contribution is 0.467. The summed E-state index contributed by atoms with van der Waals surface area (Å²) in [5.74, 6) is 0.500. The molecule has 0 aromatic heterocycles. The van der Waals surface area contributed by atoms with E-state index in [9.17, 15) is 10.2 Å². The molecule has 2 N–H and O–H groups in total. The predicted molar refractivity (Wildman–Crippen MR) is 118 cm³/mol. The Morgan fingerprint density at radius 2 is 1.17 bits per heavy atom. The lowest BCUT2D eigenvalue weighted by atomic mass is 9.84. The molecule has 0 aliphatic heterocycles. The highest BCUT2D eigenvalue weighted by Gasteiger charge is 2.33. The second-order valence-corrected chi connectivity index (χ2v) is 7.87. The first kappa shape index (κ1) is 17.6. The molecule has 2 heteroatoms. The van der Waals surface area contributed by atoms with Gasteiger partial charge in [-0.15, -0.1) is 0 Å². The van der Waals surface area contributed by atoms with Gasteiger partial charge < -0.3 is 10.2 Å². The summed E-state index contributed by atoms with van der Waals surface area (Å²) in [7, 11) is 0. The van der Waals surface area contributed by atoms with E-state index in [0.29, 0.717) is 5.75 Å². The third-order valence-corrected chi connectivity index (χ3v) is 5.90. The van der Waals surface area contributed by atoms with Crippen molar-refractivity contribution < 1.29 is 10.2 Å². The van der Waals surface area contributed by atoms with Crippen molar-refractivity contribution in [1.29, 1.82) is 0 Å². The Bertz CT molecular complexity index is 1250. The molecule has 4 aromatic carbocycles. The highest BCUT2D eigenvalue weighted by molar-refractivity contribution is 5.89. The summed E-state index contributed by atoms with van der Waals surface area (Å²) in [4.78, 5) is 0. The maximum atomic E-state index is 10.8. The Labute approximate surface area is 170 Å². The number of rotatable bonds is 2. The van der Waals surface area contributed by atoms with Crippen molar-refractivity contribution >= 4 is 0 Å². The van der Waals surface area contributed by atoms with Crippen molar-refractivity contribution in [3.63, 3.8) is 0 Å². The van der Waals surface area contributed by atoms with Crippen LogP contribution in [0.1, 0.15) is 33.7 Å². The van der Waals surface area contributed by atoms with Crippen molar-refractivity contribution in [2.45, 2.75) is 19.8 Å². The van der Waals surface area contributed by atoms with Gasteiger partial charge in [0.05, 0.1) is 0 Å². The van der Waals surface area contributed by atoms with Crippen LogP contribution in [-0.2, 0) is 0 Å². The third-order valence-electron chi connectivity index (χ3n) is 5.90. The Balaban J connectivity index is 1.83. The zero-order chi connectivity index (χ0) is 20.1. The average molecular weight is 378 g/mol. The maximum absolute atomic E-state index is 10.8. The van der Waals surface area contributed by atoms with Crippen molar-refractivity contribution in [3.05, 3.63) is 107 Å². The van der Waals surface area contributed by atoms with Gasteiger partial charge >= 0.3 is 0 Å². The molecule has 29 heavy (non-hydrogen) atoms. The number of aryl methyl sites for hydroxylation is 2. The first-order valence-electron chi connectivity index (χ1n) is 9.86. The summed E-state index contributed by atoms with van der Waals surface area (Å²) in [6, 6.07) is 26.3. The Morgan fingerprint density at radius 1 is 0.552 bits per heavy atom. The van der Waals surface area contributed by atoms with Crippen LogP contribution in [0.3, 0.4) is 0 Å². The molecule has 1 unspecified atom stereocenters. The fourth-order valence-electron chi connectivity index (χ4n) is 4.59. The predicted octanol–water partition coefficient (Wildman–Crippen LogP) is 6.54. The van der Waals surface area contributed by atoms with Crippen LogP contribution < -0.4 is 0 Å². The minimum Gasteiger partial charge on any atom is -0.508 e. The molecule has 0 bridgehead atoms. The van der Waals surface area contributed by atoms with Crippen molar-refractivity contribution in [2.24, 2.45) is 0 Å². The first-order chi connectivity index (χ1) is 14.0. The molecule has 0 saturated heterocycles. The summed E-state index contributed by atoms with van der Waals surface area (Å²) >= 11 is 0. The SMILES string of the molecule is Cc1ccc(-c2cccc3c2C(c2ccc(C)cc2O)c2ccccc2-3)c(O)c1. The quantitative estimate of drug-likeness (QED) is 0.366. The Morgan fingerprint density at radius 3 is 1.90 bits per heavy atom. The second kappa shape index (κ2) is 6.52. The van der Waals surface area contributed by atoms with Gasteiger partial charge in [0.25, 0.3) is 0 Å². The normalized spacial score (nSPS) is 14.5. The van der Waals surface area contributed by atoms with E-state index < -0.39 is 0 Å². The molecule has 4 aromatic rings. The third kappa shape index (κ3) is 2.72. The van der Waals surface area contributed by atoms with Crippen molar-refractivity contribution in [3.8, 4) is 33.8 Å². The smallest absolute Gasteiger partial charge is 0.123 e. The van der Waals surface area contributed by atoms with Gasteiger partial charge in [0.1, 0.15) is 11.5 Å². The van der Waals surface area contributed by atoms with Gasteiger partial charge in [0.15, 0.2) is 0 Å². The van der Waals surface area contributed by atoms with Crippen LogP contribution in [0.5, 0.6) is 11.5 Å². The van der Waals surface area contributed by atoms with Gasteiger partial charge in [-0.05, 0) is 64.9 Å². The molecule has 5 rings (SSSR count). The van der Waals surface area contributed by atoms with Crippen LogP contribution >= 0.6 is 0 Å². The molecular weight excluding hydrogens is 356 g/mol. The minimum absolute atomic E-state index is 0.0845. The van der Waals surface area contributed by atoms with Crippen LogP contribution in [0.4, 0.5) is 0 Å². The Kier molecular flexibility index (Phi) is 3.95. The van der Waals surface area contributed by atoms with E-state index in [2.05, 4.69) is 30.3 Å². The number of benzene rings is 4. The molecule has 0 saturated carbocycles. The van der Waals surface area contributed by atoms with Crippen molar-refractivity contribution in [2.75, 3.05) is 0 Å². The molecule has 0 fully saturated rings. The highest BCUT2D eigenvalue weighted by atomic mass is 16.3. The zero-order valence-electron chi connectivity index (χ0n) is 16.5. The van der Waals surface area contributed by atoms with E-state index in [1.165, 1.54) is 11.1 Å². The summed E-state index contributed by atoms with van der Waals surface area (Å²) in [5, 5.41) is 21.5. The second-order valence-electron chi connectivity index (χ2n) is 7.87. The summed E-state index contributed by atoms with van der Waals surface area (Å²) in [6.45, 7) is 3.96. The standard InChI is InChI=1S/C27H22O2/c1-16-10-12-19(24(28)14-16)22-9-5-8-21-18-6-3-4-7-20(18)27(26(21)22)23-13-11-17(2)15-25(23)29/h3-15,27-29H,1-2H3. The number of fused-ring (bicyclic) bond motifs is 3. The van der Waals surface area contributed by atoms with Gasteiger partial charge in [0, 0.05) is 17.0 Å². The number of phenolic OH excluding ortho intramolecular Hbond substituents is 2. The molecule has 1 aliphatic rings. The molecule has 2 nitrogen and oxygen atoms in total. The first-order valence-corrected chi connectivity index (χ1v) is 9.86. The van der Waals surface area contributed by atoms with E-state index in [1.807, 2.05) is 56.3 Å². The molecule has 1 atom stereocenters. The van der Waals surface area contributed by atoms with Gasteiger partial charge in [-0.25, -0.2) is 0 Å². The largest absolute Gasteiger partial charge is 0.508 e. The molecule has 0 radical (unpaired) electrons. The van der Waals surface area contributed by atoms with E-state index >= 15 is 0 Å². The van der Waals surface area contributed by atoms with Crippen LogP contribution in [0.25, 0.3) is 22.3 Å². The number of hydrogen-bond acceptors (Lipinski definition) is 2. The summed E-state index contributed by atoms with van der Waals surface area (Å²) < 4.78 is 0. The number of phenols is 2. The van der Waals surface area contributed by atoms with Crippen LogP contribution in [0.2, 0.25) is 0 Å². The molecule has 0 spiro atoms. The summed E-state index contributed by atoms with van der Waals surface area (Å²) in [5.41, 5.74) is 9.41. The van der Waals surface area contributed by atoms with Gasteiger partial charge in [0.2, 0.25) is 0 Å². The molecule has 0 amide bonds. The highest BCUT2D eigenvalue weighted by Crippen LogP contribution is 2.53. The van der Waals surface area contributed by atoms with E-state index in [-0.39, 0.29) is 11.7 Å². The van der Waals surface area contributed by atoms with E-state index in [1.54, 1.807) is 6.07 Å². The topological polar surface area (TPSA) is 40.5 Å². The molecule has 0 heterocycles. The van der Waals surface area contributed by atoms with Gasteiger partial charge in [-0.2, -0.15) is 0 Å². The van der Waals surface area contributed by atoms with E-state index in [4.69, 9.17) is 0 Å². The van der Waals surface area contributed by atoms with Crippen LogP contribution in [-0.4, -0.2) is 10.2 Å². The van der Waals surface area contributed by atoms with Gasteiger partial charge in [-0.1, -0.05) is 66.7 Å². The van der Waals surface area contributed by atoms with Crippen LogP contribution in [0.15, 0.2) is 78.9 Å². The molecule has 1 aliphatic carbocycles. The molecule has 142 valence electrons. The fraction of sp³-hybridized carbons (Fsp3) is 0.111. The lowest BCUT2D eigenvalue weighted by Crippen LogP contribution is -2.02. The van der Waals surface area contributed by atoms with Gasteiger partial charge in [-0.3, -0.25) is 0 Å². The fourth-order valence-corrected chi connectivity index (χ4v) is 4.59. The zero-order valence-corrected chi connectivity index (χ0v) is 16.5. The van der Waals surface area contributed by atoms with Crippen molar-refractivity contribution in [1.82, 2.24) is 0 Å². The summed E-state index contributed by atoms with van der Waals surface area (Å²) in [6.07, 6.45) is 0. The Hall–Kier alpha value is -3.52. The van der Waals surface area contributed by atoms with E-state index in [0.717, 1.165) is 38.9 Å².